The number of carbonyl (C=O) groups is 1. The number of quaternary nitrogens is 1. The van der Waals surface area contributed by atoms with Crippen molar-refractivity contribution in [3.63, 3.8) is 0 Å². The Labute approximate surface area is 156 Å². The van der Waals surface area contributed by atoms with Gasteiger partial charge in [0.15, 0.2) is 6.54 Å². The number of nitrogens with two attached hydrogens (primary N) is 1. The fraction of sp³-hybridized carbons (Fsp3) is 0.150. The Bertz CT molecular complexity index is 806. The van der Waals surface area contributed by atoms with E-state index in [9.17, 15) is 4.79 Å². The third-order valence-electron chi connectivity index (χ3n) is 3.98. The molecule has 0 radical (unpaired) electrons. The lowest BCUT2D eigenvalue weighted by Gasteiger charge is -2.15. The maximum absolute atomic E-state index is 12.3. The minimum atomic E-state index is -0.00240. The second kappa shape index (κ2) is 8.81. The number of amides is 1. The quantitative estimate of drug-likeness (QED) is 0.657. The topological polar surface area (TPSA) is 45.7 Å². The van der Waals surface area contributed by atoms with Crippen LogP contribution < -0.4 is 10.6 Å². The number of benzene rings is 2. The zero-order valence-corrected chi connectivity index (χ0v) is 15.3. The molecule has 1 heterocycles. The van der Waals surface area contributed by atoms with Gasteiger partial charge in [-0.25, -0.2) is 0 Å². The van der Waals surface area contributed by atoms with Crippen LogP contribution in [0, 0.1) is 0 Å². The van der Waals surface area contributed by atoms with Gasteiger partial charge in [0.25, 0.3) is 5.91 Å². The van der Waals surface area contributed by atoms with Crippen molar-refractivity contribution in [2.75, 3.05) is 6.54 Å². The Kier molecular flexibility index (Phi) is 6.23. The molecular weight excluding hydrogens is 352 g/mol. The number of rotatable bonds is 7. The van der Waals surface area contributed by atoms with E-state index in [0.29, 0.717) is 18.1 Å². The van der Waals surface area contributed by atoms with Crippen molar-refractivity contribution in [1.29, 1.82) is 0 Å². The van der Waals surface area contributed by atoms with Crippen molar-refractivity contribution in [1.82, 2.24) is 5.32 Å². The van der Waals surface area contributed by atoms with Gasteiger partial charge >= 0.3 is 0 Å². The number of carbonyl (C=O) groups excluding carboxylic acids is 1. The fourth-order valence-electron chi connectivity index (χ4n) is 2.68. The molecular formula is C20H20ClN2OS+. The molecule has 3 aromatic rings. The molecule has 3 rings (SSSR count). The summed E-state index contributed by atoms with van der Waals surface area (Å²) < 4.78 is 0. The maximum Gasteiger partial charge on any atom is 0.275 e. The SMILES string of the molecule is O=C(C[NH2+][C@H](c1ccccc1)c1cccs1)NCc1ccccc1Cl. The predicted molar refractivity (Wildman–Crippen MR) is 103 cm³/mol. The first-order valence-electron chi connectivity index (χ1n) is 8.16. The van der Waals surface area contributed by atoms with Crippen LogP contribution in [0.4, 0.5) is 0 Å². The third-order valence-corrected chi connectivity index (χ3v) is 5.31. The summed E-state index contributed by atoms with van der Waals surface area (Å²) in [5.41, 5.74) is 2.12. The monoisotopic (exact) mass is 371 g/mol. The largest absolute Gasteiger partial charge is 0.347 e. The van der Waals surface area contributed by atoms with Gasteiger partial charge in [-0.15, -0.1) is 11.3 Å². The molecule has 0 aliphatic rings. The molecule has 0 aliphatic heterocycles. The lowest BCUT2D eigenvalue weighted by atomic mass is 10.1. The molecule has 3 N–H and O–H groups in total. The first-order valence-corrected chi connectivity index (χ1v) is 9.41. The van der Waals surface area contributed by atoms with Gasteiger partial charge in [0.2, 0.25) is 0 Å². The predicted octanol–water partition coefficient (Wildman–Crippen LogP) is 3.37. The number of nitrogens with one attached hydrogen (secondary N) is 1. The van der Waals surface area contributed by atoms with Crippen molar-refractivity contribution in [2.24, 2.45) is 0 Å². The molecule has 2 aromatic carbocycles. The van der Waals surface area contributed by atoms with Crippen molar-refractivity contribution in [3.05, 3.63) is 93.1 Å². The standard InChI is InChI=1S/C20H19ClN2OS/c21-17-10-5-4-9-16(17)13-22-19(24)14-23-20(18-11-6-12-25-18)15-7-2-1-3-8-15/h1-12,20,23H,13-14H2,(H,22,24)/p+1/t20-/m1/s1. The van der Waals surface area contributed by atoms with Crippen LogP contribution in [0.1, 0.15) is 22.0 Å². The Morgan fingerprint density at radius 2 is 1.80 bits per heavy atom. The van der Waals surface area contributed by atoms with Gasteiger partial charge in [0.1, 0.15) is 6.04 Å². The van der Waals surface area contributed by atoms with Crippen molar-refractivity contribution >= 4 is 28.8 Å². The molecule has 1 atom stereocenters. The van der Waals surface area contributed by atoms with Gasteiger partial charge < -0.3 is 10.6 Å². The van der Waals surface area contributed by atoms with E-state index in [1.54, 1.807) is 11.3 Å². The minimum absolute atomic E-state index is 0.00240. The van der Waals surface area contributed by atoms with Gasteiger partial charge in [-0.3, -0.25) is 4.79 Å². The minimum Gasteiger partial charge on any atom is -0.347 e. The smallest absolute Gasteiger partial charge is 0.275 e. The van der Waals surface area contributed by atoms with Gasteiger partial charge in [-0.1, -0.05) is 66.2 Å². The van der Waals surface area contributed by atoms with Gasteiger partial charge in [0, 0.05) is 17.1 Å². The van der Waals surface area contributed by atoms with Crippen LogP contribution in [-0.2, 0) is 11.3 Å². The third kappa shape index (κ3) is 4.92. The molecule has 128 valence electrons. The van der Waals surface area contributed by atoms with Gasteiger partial charge in [-0.05, 0) is 23.1 Å². The lowest BCUT2D eigenvalue weighted by Crippen LogP contribution is -2.87. The highest BCUT2D eigenvalue weighted by molar-refractivity contribution is 7.10. The summed E-state index contributed by atoms with van der Waals surface area (Å²) in [4.78, 5) is 13.5. The van der Waals surface area contributed by atoms with E-state index in [1.165, 1.54) is 10.4 Å². The Morgan fingerprint density at radius 1 is 1.04 bits per heavy atom. The summed E-state index contributed by atoms with van der Waals surface area (Å²) in [5, 5.41) is 7.75. The lowest BCUT2D eigenvalue weighted by molar-refractivity contribution is -0.676. The van der Waals surface area contributed by atoms with E-state index in [1.807, 2.05) is 48.5 Å². The van der Waals surface area contributed by atoms with Crippen molar-refractivity contribution in [3.8, 4) is 0 Å². The second-order valence-electron chi connectivity index (χ2n) is 5.71. The summed E-state index contributed by atoms with van der Waals surface area (Å²) in [5.74, 6) is -0.00240. The van der Waals surface area contributed by atoms with Crippen LogP contribution in [0.25, 0.3) is 0 Å². The van der Waals surface area contributed by atoms with Crippen molar-refractivity contribution < 1.29 is 10.1 Å². The van der Waals surface area contributed by atoms with Gasteiger partial charge in [-0.2, -0.15) is 0 Å². The van der Waals surface area contributed by atoms with Crippen LogP contribution >= 0.6 is 22.9 Å². The second-order valence-corrected chi connectivity index (χ2v) is 7.10. The van der Waals surface area contributed by atoms with Gasteiger partial charge in [0.05, 0.1) is 4.88 Å². The average Bonchev–Trinajstić information content (AvgIpc) is 3.16. The average molecular weight is 372 g/mol. The molecule has 1 aromatic heterocycles. The first-order chi connectivity index (χ1) is 12.2. The normalized spacial score (nSPS) is 11.9. The summed E-state index contributed by atoms with van der Waals surface area (Å²) in [6, 6.07) is 22.1. The molecule has 0 saturated heterocycles. The maximum atomic E-state index is 12.3. The zero-order valence-electron chi connectivity index (χ0n) is 13.7. The highest BCUT2D eigenvalue weighted by atomic mass is 35.5. The van der Waals surface area contributed by atoms with Crippen LogP contribution in [-0.4, -0.2) is 12.5 Å². The van der Waals surface area contributed by atoms with Crippen molar-refractivity contribution in [2.45, 2.75) is 12.6 Å². The van der Waals surface area contributed by atoms with Crippen LogP contribution in [0.3, 0.4) is 0 Å². The van der Waals surface area contributed by atoms with E-state index >= 15 is 0 Å². The fourth-order valence-corrected chi connectivity index (χ4v) is 3.73. The molecule has 1 amide bonds. The number of hydrogen-bond acceptors (Lipinski definition) is 2. The first kappa shape index (κ1) is 17.7. The number of thiophene rings is 1. The summed E-state index contributed by atoms with van der Waals surface area (Å²) in [6.07, 6.45) is 0. The van der Waals surface area contributed by atoms with E-state index < -0.39 is 0 Å². The molecule has 0 unspecified atom stereocenters. The van der Waals surface area contributed by atoms with Crippen LogP contribution in [0.2, 0.25) is 5.02 Å². The molecule has 0 fully saturated rings. The number of hydrogen-bond donors (Lipinski definition) is 2. The molecule has 0 spiro atoms. The van der Waals surface area contributed by atoms with E-state index in [4.69, 9.17) is 11.6 Å². The Hall–Kier alpha value is -2.14. The Balaban J connectivity index is 1.60. The number of halogens is 1. The van der Waals surface area contributed by atoms with Crippen LogP contribution in [0.5, 0.6) is 0 Å². The zero-order chi connectivity index (χ0) is 17.5. The molecule has 3 nitrogen and oxygen atoms in total. The summed E-state index contributed by atoms with van der Waals surface area (Å²) in [7, 11) is 0. The molecule has 5 heteroatoms. The Morgan fingerprint density at radius 3 is 2.52 bits per heavy atom. The van der Waals surface area contributed by atoms with E-state index in [2.05, 4.69) is 34.2 Å². The molecule has 0 bridgehead atoms. The highest BCUT2D eigenvalue weighted by Crippen LogP contribution is 2.22. The van der Waals surface area contributed by atoms with E-state index in [0.717, 1.165) is 5.56 Å². The van der Waals surface area contributed by atoms with E-state index in [-0.39, 0.29) is 11.9 Å². The van der Waals surface area contributed by atoms with Crippen LogP contribution in [0.15, 0.2) is 72.1 Å². The summed E-state index contributed by atoms with van der Waals surface area (Å²) >= 11 is 7.83. The highest BCUT2D eigenvalue weighted by Gasteiger charge is 2.19. The molecule has 25 heavy (non-hydrogen) atoms. The molecule has 0 aliphatic carbocycles. The summed E-state index contributed by atoms with van der Waals surface area (Å²) in [6.45, 7) is 0.809. The molecule has 0 saturated carbocycles.